The maximum absolute atomic E-state index is 12.0. The molecule has 1 N–H and O–H groups in total. The molecule has 43 heavy (non-hydrogen) atoms. The number of fused-ring (bicyclic) bond motifs is 2. The second-order valence-electron chi connectivity index (χ2n) is 11.2. The normalized spacial score (nSPS) is 15.5. The number of nitrogens with one attached hydrogen (secondary N) is 1. The van der Waals surface area contributed by atoms with Crippen molar-refractivity contribution in [2.45, 2.75) is 32.0 Å². The molecule has 1 atom stereocenters. The van der Waals surface area contributed by atoms with Crippen molar-refractivity contribution in [3.05, 3.63) is 74.9 Å². The van der Waals surface area contributed by atoms with E-state index in [0.717, 1.165) is 17.5 Å². The predicted molar refractivity (Wildman–Crippen MR) is 162 cm³/mol. The van der Waals surface area contributed by atoms with Crippen LogP contribution in [0.25, 0.3) is 11.0 Å². The fourth-order valence-corrected chi connectivity index (χ4v) is 4.88. The zero-order valence-corrected chi connectivity index (χ0v) is 24.9. The molecule has 2 aromatic heterocycles. The molecule has 0 saturated heterocycles. The Balaban J connectivity index is 1.38. The van der Waals surface area contributed by atoms with Gasteiger partial charge in [-0.2, -0.15) is 0 Å². The number of aromatic nitrogens is 2. The Kier molecular flexibility index (Phi) is 8.09. The highest BCUT2D eigenvalue weighted by atomic mass is 16.6. The number of anilines is 3. The minimum Gasteiger partial charge on any atom is -0.494 e. The summed E-state index contributed by atoms with van der Waals surface area (Å²) in [6.07, 6.45) is 1.46. The van der Waals surface area contributed by atoms with E-state index in [0.29, 0.717) is 53.1 Å². The number of likely N-dealkylation sites (N-methyl/N-ethyl adjacent to an activating group) is 2. The topological polar surface area (TPSA) is 145 Å². The molecule has 4 aromatic rings. The lowest BCUT2D eigenvalue weighted by atomic mass is 9.90. The number of methoxy groups -OCH3 is 1. The number of ether oxygens (including phenoxy) is 3. The van der Waals surface area contributed by atoms with E-state index in [1.54, 1.807) is 31.3 Å². The smallest absolute Gasteiger partial charge is 0.336 e. The predicted octanol–water partition coefficient (Wildman–Crippen LogP) is 4.40. The van der Waals surface area contributed by atoms with Gasteiger partial charge in [-0.15, -0.1) is 0 Å². The number of nitrogens with zero attached hydrogens (tertiary/aromatic N) is 5. The number of hydrogen-bond donors (Lipinski definition) is 1. The first-order valence-corrected chi connectivity index (χ1v) is 13.7. The molecule has 1 aliphatic heterocycles. The summed E-state index contributed by atoms with van der Waals surface area (Å²) in [5, 5.41) is 15.9. The number of rotatable bonds is 10. The van der Waals surface area contributed by atoms with Crippen LogP contribution in [-0.4, -0.2) is 72.8 Å². The van der Waals surface area contributed by atoms with Crippen LogP contribution in [0.4, 0.5) is 22.9 Å². The third-order valence-corrected chi connectivity index (χ3v) is 7.31. The van der Waals surface area contributed by atoms with Crippen LogP contribution in [0.15, 0.2) is 58.0 Å². The van der Waals surface area contributed by atoms with Crippen LogP contribution in [-0.2, 0) is 6.42 Å². The van der Waals surface area contributed by atoms with Gasteiger partial charge in [0.1, 0.15) is 46.6 Å². The lowest BCUT2D eigenvalue weighted by Crippen LogP contribution is -2.49. The molecular weight excluding hydrogens is 556 g/mol. The van der Waals surface area contributed by atoms with Gasteiger partial charge in [-0.05, 0) is 45.6 Å². The third-order valence-electron chi connectivity index (χ3n) is 7.31. The first-order valence-electron chi connectivity index (χ1n) is 13.7. The van der Waals surface area contributed by atoms with Gasteiger partial charge in [0, 0.05) is 62.3 Å². The Morgan fingerprint density at radius 1 is 1.12 bits per heavy atom. The van der Waals surface area contributed by atoms with E-state index in [-0.39, 0.29) is 5.69 Å². The van der Waals surface area contributed by atoms with Crippen LogP contribution in [0.5, 0.6) is 17.4 Å². The van der Waals surface area contributed by atoms with Crippen molar-refractivity contribution >= 4 is 33.8 Å². The SMILES string of the molecule is COc1cc(N(C)CCN(C)C)c([N+](=O)[O-])cc1Nc1cc(O[C@H]2Cc3cc4ccc(=O)oc4cc3OC2(C)C)ncn1. The van der Waals surface area contributed by atoms with Gasteiger partial charge in [-0.3, -0.25) is 10.1 Å². The number of nitro groups is 1. The second-order valence-corrected chi connectivity index (χ2v) is 11.2. The molecular formula is C30H34N6O7. The maximum Gasteiger partial charge on any atom is 0.336 e. The van der Waals surface area contributed by atoms with Gasteiger partial charge in [0.15, 0.2) is 0 Å². The molecule has 5 rings (SSSR count). The summed E-state index contributed by atoms with van der Waals surface area (Å²) in [4.78, 5) is 35.7. The minimum atomic E-state index is -0.743. The van der Waals surface area contributed by atoms with E-state index >= 15 is 0 Å². The quantitative estimate of drug-likeness (QED) is 0.159. The second kappa shape index (κ2) is 11.8. The highest BCUT2D eigenvalue weighted by molar-refractivity contribution is 5.80. The van der Waals surface area contributed by atoms with E-state index in [2.05, 4.69) is 15.3 Å². The van der Waals surface area contributed by atoms with Crippen LogP contribution < -0.4 is 30.1 Å². The lowest BCUT2D eigenvalue weighted by Gasteiger charge is -2.39. The highest BCUT2D eigenvalue weighted by Gasteiger charge is 2.39. The molecule has 0 fully saturated rings. The molecule has 0 saturated carbocycles. The summed E-state index contributed by atoms with van der Waals surface area (Å²) in [6.45, 7) is 5.14. The number of hydrogen-bond acceptors (Lipinski definition) is 12. The molecule has 226 valence electrons. The number of benzene rings is 2. The maximum atomic E-state index is 12.0. The number of nitro benzene ring substituents is 1. The van der Waals surface area contributed by atoms with Crippen molar-refractivity contribution in [3.63, 3.8) is 0 Å². The molecule has 0 unspecified atom stereocenters. The molecule has 0 bridgehead atoms. The summed E-state index contributed by atoms with van der Waals surface area (Å²) >= 11 is 0. The average molecular weight is 591 g/mol. The van der Waals surface area contributed by atoms with Crippen molar-refractivity contribution in [1.29, 1.82) is 0 Å². The Bertz CT molecular complexity index is 1720. The monoisotopic (exact) mass is 590 g/mol. The van der Waals surface area contributed by atoms with Gasteiger partial charge in [-0.1, -0.05) is 0 Å². The van der Waals surface area contributed by atoms with Crippen LogP contribution in [0.1, 0.15) is 19.4 Å². The summed E-state index contributed by atoms with van der Waals surface area (Å²) in [5.74, 6) is 1.70. The van der Waals surface area contributed by atoms with Gasteiger partial charge in [-0.25, -0.2) is 14.8 Å². The van der Waals surface area contributed by atoms with E-state index in [1.165, 1.54) is 25.6 Å². The minimum absolute atomic E-state index is 0.0679. The Morgan fingerprint density at radius 3 is 2.63 bits per heavy atom. The molecule has 1 aliphatic rings. The highest BCUT2D eigenvalue weighted by Crippen LogP contribution is 2.40. The Labute approximate surface area is 248 Å². The fourth-order valence-electron chi connectivity index (χ4n) is 4.88. The molecule has 0 aliphatic carbocycles. The molecule has 2 aromatic carbocycles. The van der Waals surface area contributed by atoms with Crippen molar-refractivity contribution in [2.24, 2.45) is 0 Å². The first-order chi connectivity index (χ1) is 20.4. The standard InChI is InChI=1S/C30H34N6O7/c1-30(2)26(12-19-11-18-7-8-29(37)41-23(18)15-24(19)43-30)42-28-16-27(31-17-32-28)33-20-13-22(36(38)39)21(14-25(20)40-6)35(5)10-9-34(3)4/h7-8,11,13-17,26H,9-10,12H2,1-6H3,(H,31,32,33)/t26-/m0/s1. The van der Waals surface area contributed by atoms with Crippen LogP contribution >= 0.6 is 0 Å². The van der Waals surface area contributed by atoms with Crippen LogP contribution in [0.3, 0.4) is 0 Å². The van der Waals surface area contributed by atoms with Gasteiger partial charge >= 0.3 is 5.63 Å². The third kappa shape index (κ3) is 6.46. The summed E-state index contributed by atoms with van der Waals surface area (Å²) < 4.78 is 23.5. The summed E-state index contributed by atoms with van der Waals surface area (Å²) in [7, 11) is 7.20. The largest absolute Gasteiger partial charge is 0.494 e. The van der Waals surface area contributed by atoms with Gasteiger partial charge in [0.25, 0.3) is 5.69 Å². The van der Waals surface area contributed by atoms with Gasteiger partial charge in [0.2, 0.25) is 5.88 Å². The van der Waals surface area contributed by atoms with Crippen molar-refractivity contribution < 1.29 is 23.6 Å². The molecule has 0 spiro atoms. The Hall–Kier alpha value is -4.91. The zero-order chi connectivity index (χ0) is 30.9. The van der Waals surface area contributed by atoms with Gasteiger partial charge in [0.05, 0.1) is 17.7 Å². The van der Waals surface area contributed by atoms with Crippen molar-refractivity contribution in [1.82, 2.24) is 14.9 Å². The molecule has 13 heteroatoms. The van der Waals surface area contributed by atoms with Crippen molar-refractivity contribution in [3.8, 4) is 17.4 Å². The fraction of sp³-hybridized carbons (Fsp3) is 0.367. The van der Waals surface area contributed by atoms with E-state index in [4.69, 9.17) is 18.6 Å². The summed E-state index contributed by atoms with van der Waals surface area (Å²) in [6, 6.07) is 11.4. The van der Waals surface area contributed by atoms with Crippen molar-refractivity contribution in [2.75, 3.05) is 51.6 Å². The van der Waals surface area contributed by atoms with Gasteiger partial charge < -0.3 is 33.7 Å². The lowest BCUT2D eigenvalue weighted by molar-refractivity contribution is -0.384. The Morgan fingerprint density at radius 2 is 1.91 bits per heavy atom. The molecule has 0 amide bonds. The average Bonchev–Trinajstić information content (AvgIpc) is 2.95. The summed E-state index contributed by atoms with van der Waals surface area (Å²) in [5.41, 5.74) is 0.941. The zero-order valence-electron chi connectivity index (χ0n) is 24.9. The van der Waals surface area contributed by atoms with E-state index in [1.807, 2.05) is 43.8 Å². The van der Waals surface area contributed by atoms with Crippen LogP contribution in [0, 0.1) is 10.1 Å². The van der Waals surface area contributed by atoms with E-state index in [9.17, 15) is 14.9 Å². The molecule has 0 radical (unpaired) electrons. The molecule has 3 heterocycles. The van der Waals surface area contributed by atoms with E-state index < -0.39 is 22.3 Å². The molecule has 13 nitrogen and oxygen atoms in total. The van der Waals surface area contributed by atoms with Crippen LogP contribution in [0.2, 0.25) is 0 Å². The first kappa shape index (κ1) is 29.6.